The van der Waals surface area contributed by atoms with Gasteiger partial charge in [-0.2, -0.15) is 0 Å². The second-order valence-electron chi connectivity index (χ2n) is 5.11. The number of ether oxygens (including phenoxy) is 1. The van der Waals surface area contributed by atoms with Crippen molar-refractivity contribution in [3.05, 3.63) is 35.2 Å². The Morgan fingerprint density at radius 3 is 2.68 bits per heavy atom. The molecule has 0 radical (unpaired) electrons. The Hall–Kier alpha value is -1.39. The molecule has 1 aliphatic rings. The van der Waals surface area contributed by atoms with Crippen molar-refractivity contribution in [1.29, 1.82) is 0 Å². The van der Waals surface area contributed by atoms with Crippen LogP contribution in [-0.4, -0.2) is 36.1 Å². The monoisotopic (exact) mass is 275 g/mol. The smallest absolute Gasteiger partial charge is 0.255 e. The van der Waals surface area contributed by atoms with E-state index in [0.717, 1.165) is 10.9 Å². The fourth-order valence-electron chi connectivity index (χ4n) is 2.66. The number of thiophene rings is 1. The van der Waals surface area contributed by atoms with E-state index in [1.54, 1.807) is 11.3 Å². The Bertz CT molecular complexity index is 597. The summed E-state index contributed by atoms with van der Waals surface area (Å²) < 4.78 is 6.85. The van der Waals surface area contributed by atoms with Gasteiger partial charge in [0.2, 0.25) is 0 Å². The minimum Gasteiger partial charge on any atom is -0.372 e. The molecule has 100 valence electrons. The van der Waals surface area contributed by atoms with Gasteiger partial charge in [-0.25, -0.2) is 0 Å². The normalized spacial score (nSPS) is 23.8. The number of nitrogens with zero attached hydrogens (tertiary/aromatic N) is 1. The second kappa shape index (κ2) is 4.94. The van der Waals surface area contributed by atoms with Crippen molar-refractivity contribution in [3.63, 3.8) is 0 Å². The maximum absolute atomic E-state index is 12.6. The van der Waals surface area contributed by atoms with Gasteiger partial charge in [-0.05, 0) is 19.9 Å². The number of hydrogen-bond acceptors (Lipinski definition) is 3. The van der Waals surface area contributed by atoms with Gasteiger partial charge in [-0.1, -0.05) is 18.2 Å². The molecule has 2 heterocycles. The minimum atomic E-state index is 0.109. The van der Waals surface area contributed by atoms with Gasteiger partial charge in [0.25, 0.3) is 5.91 Å². The Balaban J connectivity index is 1.91. The molecule has 1 fully saturated rings. The number of rotatable bonds is 1. The molecule has 0 spiro atoms. The highest BCUT2D eigenvalue weighted by molar-refractivity contribution is 7.17. The van der Waals surface area contributed by atoms with Crippen LogP contribution in [0.3, 0.4) is 0 Å². The minimum absolute atomic E-state index is 0.109. The van der Waals surface area contributed by atoms with Gasteiger partial charge < -0.3 is 9.64 Å². The lowest BCUT2D eigenvalue weighted by Gasteiger charge is -2.35. The van der Waals surface area contributed by atoms with E-state index in [-0.39, 0.29) is 18.1 Å². The molecule has 0 bridgehead atoms. The molecule has 0 saturated carbocycles. The molecular weight excluding hydrogens is 258 g/mol. The van der Waals surface area contributed by atoms with Crippen molar-refractivity contribution >= 4 is 27.3 Å². The van der Waals surface area contributed by atoms with Gasteiger partial charge in [0.05, 0.1) is 17.8 Å². The van der Waals surface area contributed by atoms with Crippen LogP contribution < -0.4 is 0 Å². The molecule has 0 unspecified atom stereocenters. The molecule has 4 heteroatoms. The van der Waals surface area contributed by atoms with Crippen molar-refractivity contribution in [2.45, 2.75) is 26.1 Å². The molecule has 3 rings (SSSR count). The first kappa shape index (κ1) is 12.6. The van der Waals surface area contributed by atoms with Crippen molar-refractivity contribution in [2.75, 3.05) is 13.1 Å². The third kappa shape index (κ3) is 2.38. The van der Waals surface area contributed by atoms with Crippen LogP contribution >= 0.6 is 11.3 Å². The summed E-state index contributed by atoms with van der Waals surface area (Å²) in [7, 11) is 0. The predicted molar refractivity (Wildman–Crippen MR) is 77.7 cm³/mol. The Labute approximate surface area is 116 Å². The first-order valence-corrected chi connectivity index (χ1v) is 7.44. The molecule has 1 saturated heterocycles. The highest BCUT2D eigenvalue weighted by Gasteiger charge is 2.27. The van der Waals surface area contributed by atoms with Crippen LogP contribution in [-0.2, 0) is 4.74 Å². The fraction of sp³-hybridized carbons (Fsp3) is 0.400. The SMILES string of the molecule is C[C@@H]1CN(C(=O)c2csc3ccccc23)C[C@@H](C)O1. The number of fused-ring (bicyclic) bond motifs is 1. The summed E-state index contributed by atoms with van der Waals surface area (Å²) in [5.41, 5.74) is 0.821. The van der Waals surface area contributed by atoms with Crippen LogP contribution in [0.4, 0.5) is 0 Å². The van der Waals surface area contributed by atoms with Crippen molar-refractivity contribution in [2.24, 2.45) is 0 Å². The van der Waals surface area contributed by atoms with E-state index in [1.165, 1.54) is 4.70 Å². The zero-order valence-electron chi connectivity index (χ0n) is 11.1. The van der Waals surface area contributed by atoms with E-state index in [2.05, 4.69) is 6.07 Å². The summed E-state index contributed by atoms with van der Waals surface area (Å²) in [6.45, 7) is 5.38. The third-order valence-electron chi connectivity index (χ3n) is 3.42. The van der Waals surface area contributed by atoms with Gasteiger partial charge in [-0.3, -0.25) is 4.79 Å². The summed E-state index contributed by atoms with van der Waals surface area (Å²) in [5.74, 6) is 0.124. The van der Waals surface area contributed by atoms with Gasteiger partial charge in [-0.15, -0.1) is 11.3 Å². The van der Waals surface area contributed by atoms with Crippen LogP contribution in [0.15, 0.2) is 29.6 Å². The van der Waals surface area contributed by atoms with E-state index in [9.17, 15) is 4.79 Å². The van der Waals surface area contributed by atoms with E-state index >= 15 is 0 Å². The number of amides is 1. The number of benzene rings is 1. The third-order valence-corrected chi connectivity index (χ3v) is 4.38. The van der Waals surface area contributed by atoms with Crippen LogP contribution in [0.1, 0.15) is 24.2 Å². The molecule has 2 atom stereocenters. The topological polar surface area (TPSA) is 29.5 Å². The zero-order chi connectivity index (χ0) is 13.4. The van der Waals surface area contributed by atoms with E-state index in [0.29, 0.717) is 13.1 Å². The average molecular weight is 275 g/mol. The van der Waals surface area contributed by atoms with E-state index < -0.39 is 0 Å². The standard InChI is InChI=1S/C15H17NO2S/c1-10-7-16(8-11(2)18-10)15(17)13-9-19-14-6-4-3-5-12(13)14/h3-6,9-11H,7-8H2,1-2H3/t10-,11-/m1/s1. The second-order valence-corrected chi connectivity index (χ2v) is 6.02. The van der Waals surface area contributed by atoms with Crippen molar-refractivity contribution in [1.82, 2.24) is 4.90 Å². The summed E-state index contributed by atoms with van der Waals surface area (Å²) in [6, 6.07) is 8.07. The highest BCUT2D eigenvalue weighted by atomic mass is 32.1. The molecule has 1 aromatic heterocycles. The van der Waals surface area contributed by atoms with Gasteiger partial charge in [0.15, 0.2) is 0 Å². The number of morpholine rings is 1. The lowest BCUT2D eigenvalue weighted by Crippen LogP contribution is -2.48. The molecule has 1 aliphatic heterocycles. The summed E-state index contributed by atoms with van der Waals surface area (Å²) in [5, 5.41) is 3.03. The molecular formula is C15H17NO2S. The maximum atomic E-state index is 12.6. The molecule has 1 amide bonds. The Morgan fingerprint density at radius 2 is 1.95 bits per heavy atom. The van der Waals surface area contributed by atoms with Crippen LogP contribution in [0.5, 0.6) is 0 Å². The largest absolute Gasteiger partial charge is 0.372 e. The molecule has 1 aromatic carbocycles. The van der Waals surface area contributed by atoms with Crippen LogP contribution in [0.2, 0.25) is 0 Å². The number of carbonyl (C=O) groups is 1. The first-order chi connectivity index (χ1) is 9.15. The number of carbonyl (C=O) groups excluding carboxylic acids is 1. The highest BCUT2D eigenvalue weighted by Crippen LogP contribution is 2.27. The zero-order valence-corrected chi connectivity index (χ0v) is 11.9. The molecule has 0 aliphatic carbocycles. The summed E-state index contributed by atoms with van der Waals surface area (Å²) in [6.07, 6.45) is 0.218. The Kier molecular flexibility index (Phi) is 3.29. The molecule has 0 N–H and O–H groups in total. The predicted octanol–water partition coefficient (Wildman–Crippen LogP) is 3.15. The van der Waals surface area contributed by atoms with Crippen molar-refractivity contribution in [3.8, 4) is 0 Å². The lowest BCUT2D eigenvalue weighted by atomic mass is 10.1. The first-order valence-electron chi connectivity index (χ1n) is 6.56. The van der Waals surface area contributed by atoms with E-state index in [4.69, 9.17) is 4.74 Å². The molecule has 19 heavy (non-hydrogen) atoms. The summed E-state index contributed by atoms with van der Waals surface area (Å²) in [4.78, 5) is 14.6. The maximum Gasteiger partial charge on any atom is 0.255 e. The van der Waals surface area contributed by atoms with Gasteiger partial charge in [0.1, 0.15) is 0 Å². The van der Waals surface area contributed by atoms with Gasteiger partial charge >= 0.3 is 0 Å². The van der Waals surface area contributed by atoms with E-state index in [1.807, 2.05) is 42.3 Å². The Morgan fingerprint density at radius 1 is 1.26 bits per heavy atom. The fourth-order valence-corrected chi connectivity index (χ4v) is 3.59. The molecule has 2 aromatic rings. The average Bonchev–Trinajstić information content (AvgIpc) is 2.80. The van der Waals surface area contributed by atoms with Crippen molar-refractivity contribution < 1.29 is 9.53 Å². The summed E-state index contributed by atoms with van der Waals surface area (Å²) >= 11 is 1.63. The quantitative estimate of drug-likeness (QED) is 0.800. The van der Waals surface area contributed by atoms with Crippen LogP contribution in [0, 0.1) is 0 Å². The van der Waals surface area contributed by atoms with Gasteiger partial charge in [0, 0.05) is 28.6 Å². The lowest BCUT2D eigenvalue weighted by molar-refractivity contribution is -0.0585. The molecule has 3 nitrogen and oxygen atoms in total. The van der Waals surface area contributed by atoms with Crippen LogP contribution in [0.25, 0.3) is 10.1 Å². The number of hydrogen-bond donors (Lipinski definition) is 0.